The van der Waals surface area contributed by atoms with Crippen molar-refractivity contribution in [3.8, 4) is 11.5 Å². The van der Waals surface area contributed by atoms with Crippen LogP contribution in [-0.4, -0.2) is 27.8 Å². The van der Waals surface area contributed by atoms with Crippen molar-refractivity contribution in [3.63, 3.8) is 0 Å². The van der Waals surface area contributed by atoms with E-state index >= 15 is 0 Å². The summed E-state index contributed by atoms with van der Waals surface area (Å²) in [4.78, 5) is 18.7. The summed E-state index contributed by atoms with van der Waals surface area (Å²) >= 11 is 13.7. The molecule has 1 aromatic heterocycles. The maximum Gasteiger partial charge on any atom is 0.255 e. The third kappa shape index (κ3) is 6.84. The van der Waals surface area contributed by atoms with E-state index in [0.717, 1.165) is 11.1 Å². The fourth-order valence-corrected chi connectivity index (χ4v) is 6.34. The average molecular weight is 677 g/mol. The molecule has 0 bridgehead atoms. The number of benzene rings is 4. The second-order valence-electron chi connectivity index (χ2n) is 10.4. The molecule has 1 amide bonds. The van der Waals surface area contributed by atoms with Crippen LogP contribution in [0.1, 0.15) is 29.7 Å². The second kappa shape index (κ2) is 13.9. The van der Waals surface area contributed by atoms with E-state index in [2.05, 4.69) is 15.6 Å². The van der Waals surface area contributed by atoms with Gasteiger partial charge in [-0.15, -0.1) is 5.10 Å². The summed E-state index contributed by atoms with van der Waals surface area (Å²) in [5.41, 5.74) is 3.61. The molecule has 1 aliphatic rings. The molecule has 8 nitrogen and oxygen atoms in total. The molecular weight excluding hydrogens is 648 g/mol. The van der Waals surface area contributed by atoms with Crippen molar-refractivity contribution >= 4 is 52.5 Å². The Labute approximate surface area is 279 Å². The van der Waals surface area contributed by atoms with Crippen molar-refractivity contribution in [1.29, 1.82) is 0 Å². The number of methoxy groups -OCH3 is 1. The van der Waals surface area contributed by atoms with E-state index in [1.807, 2.05) is 49.4 Å². The zero-order valence-corrected chi connectivity index (χ0v) is 27.1. The van der Waals surface area contributed by atoms with Crippen LogP contribution >= 0.6 is 35.0 Å². The highest BCUT2D eigenvalue weighted by Crippen LogP contribution is 2.39. The topological polar surface area (TPSA) is 90.3 Å². The Balaban J connectivity index is 1.34. The molecule has 2 N–H and O–H groups in total. The number of carbonyl (C=O) groups excluding carboxylic acids is 1. The highest BCUT2D eigenvalue weighted by molar-refractivity contribution is 7.98. The number of ether oxygens (including phenoxy) is 2. The van der Waals surface area contributed by atoms with Gasteiger partial charge in [-0.2, -0.15) is 4.98 Å². The maximum atomic E-state index is 14.3. The van der Waals surface area contributed by atoms with Gasteiger partial charge in [0.15, 0.2) is 0 Å². The van der Waals surface area contributed by atoms with E-state index in [1.54, 1.807) is 54.3 Å². The number of amides is 1. The molecule has 0 fully saturated rings. The van der Waals surface area contributed by atoms with E-state index in [-0.39, 0.29) is 18.3 Å². The van der Waals surface area contributed by atoms with Crippen molar-refractivity contribution in [2.45, 2.75) is 30.5 Å². The summed E-state index contributed by atoms with van der Waals surface area (Å²) in [6.07, 6.45) is 0. The van der Waals surface area contributed by atoms with Gasteiger partial charge in [0.25, 0.3) is 5.91 Å². The van der Waals surface area contributed by atoms with Gasteiger partial charge in [-0.25, -0.2) is 9.07 Å². The van der Waals surface area contributed by atoms with Gasteiger partial charge in [-0.1, -0.05) is 83.5 Å². The smallest absolute Gasteiger partial charge is 0.255 e. The molecule has 1 aliphatic heterocycles. The van der Waals surface area contributed by atoms with Gasteiger partial charge in [-0.05, 0) is 60.5 Å². The van der Waals surface area contributed by atoms with Crippen molar-refractivity contribution in [2.24, 2.45) is 0 Å². The summed E-state index contributed by atoms with van der Waals surface area (Å²) in [6, 6.07) is 25.8. The molecule has 0 saturated carbocycles. The largest absolute Gasteiger partial charge is 0.495 e. The van der Waals surface area contributed by atoms with Crippen LogP contribution in [-0.2, 0) is 17.2 Å². The van der Waals surface area contributed by atoms with E-state index < -0.39 is 6.04 Å². The minimum Gasteiger partial charge on any atom is -0.495 e. The van der Waals surface area contributed by atoms with Crippen LogP contribution < -0.4 is 20.1 Å². The number of para-hydroxylation sites is 2. The number of aromatic nitrogens is 3. The van der Waals surface area contributed by atoms with Crippen molar-refractivity contribution in [1.82, 2.24) is 14.8 Å². The Morgan fingerprint density at radius 2 is 1.83 bits per heavy atom. The number of nitrogens with one attached hydrogen (secondary N) is 2. The normalized spacial score (nSPS) is 14.0. The van der Waals surface area contributed by atoms with Gasteiger partial charge in [0.05, 0.1) is 18.4 Å². The molecule has 0 spiro atoms. The zero-order valence-electron chi connectivity index (χ0n) is 24.8. The lowest BCUT2D eigenvalue weighted by Gasteiger charge is -2.29. The summed E-state index contributed by atoms with van der Waals surface area (Å²) in [6.45, 7) is 2.03. The first-order chi connectivity index (χ1) is 22.3. The van der Waals surface area contributed by atoms with E-state index in [4.69, 9.17) is 37.8 Å². The number of halogens is 3. The first kappa shape index (κ1) is 31.5. The fraction of sp³-hybridized carbons (Fsp3) is 0.147. The quantitative estimate of drug-likeness (QED) is 0.143. The van der Waals surface area contributed by atoms with E-state index in [9.17, 15) is 9.18 Å². The van der Waals surface area contributed by atoms with Crippen LogP contribution in [0.3, 0.4) is 0 Å². The molecule has 2 heterocycles. The maximum absolute atomic E-state index is 14.3. The van der Waals surface area contributed by atoms with Crippen LogP contribution in [0.2, 0.25) is 10.0 Å². The van der Waals surface area contributed by atoms with Crippen molar-refractivity contribution < 1.29 is 18.7 Å². The number of hydrogen-bond donors (Lipinski definition) is 2. The molecule has 1 unspecified atom stereocenters. The highest BCUT2D eigenvalue weighted by atomic mass is 35.5. The summed E-state index contributed by atoms with van der Waals surface area (Å²) in [5.74, 6) is 1.25. The number of rotatable bonds is 10. The van der Waals surface area contributed by atoms with Crippen molar-refractivity contribution in [2.75, 3.05) is 17.7 Å². The molecule has 6 rings (SSSR count). The number of fused-ring (bicyclic) bond motifs is 1. The van der Waals surface area contributed by atoms with Gasteiger partial charge in [0.2, 0.25) is 11.1 Å². The van der Waals surface area contributed by atoms with Crippen LogP contribution in [0, 0.1) is 5.82 Å². The number of thioether (sulfide) groups is 1. The van der Waals surface area contributed by atoms with Crippen LogP contribution in [0.5, 0.6) is 11.5 Å². The van der Waals surface area contributed by atoms with E-state index in [0.29, 0.717) is 60.9 Å². The SMILES string of the molecule is COc1ccccc1NC(=O)C1=C(C)Nc2nc(SCc3ccccc3F)nn2C1c1cccc(OCc2ccc(Cl)cc2Cl)c1. The minimum absolute atomic E-state index is 0.215. The Hall–Kier alpha value is -4.51. The third-order valence-electron chi connectivity index (χ3n) is 7.33. The number of anilines is 2. The second-order valence-corrected chi connectivity index (χ2v) is 12.1. The van der Waals surface area contributed by atoms with Crippen LogP contribution in [0.15, 0.2) is 107 Å². The first-order valence-corrected chi connectivity index (χ1v) is 16.0. The molecule has 0 radical (unpaired) electrons. The first-order valence-electron chi connectivity index (χ1n) is 14.2. The van der Waals surface area contributed by atoms with Gasteiger partial charge in [0, 0.05) is 27.1 Å². The predicted molar refractivity (Wildman–Crippen MR) is 179 cm³/mol. The summed E-state index contributed by atoms with van der Waals surface area (Å²) in [5, 5.41) is 12.5. The van der Waals surface area contributed by atoms with Crippen LogP contribution in [0.4, 0.5) is 16.0 Å². The molecule has 46 heavy (non-hydrogen) atoms. The van der Waals surface area contributed by atoms with Gasteiger partial charge in [-0.3, -0.25) is 4.79 Å². The highest BCUT2D eigenvalue weighted by Gasteiger charge is 2.35. The molecule has 12 heteroatoms. The molecule has 234 valence electrons. The lowest BCUT2D eigenvalue weighted by Crippen LogP contribution is -2.31. The molecule has 4 aromatic carbocycles. The monoisotopic (exact) mass is 675 g/mol. The summed E-state index contributed by atoms with van der Waals surface area (Å²) in [7, 11) is 1.55. The average Bonchev–Trinajstić information content (AvgIpc) is 3.46. The molecule has 5 aromatic rings. The lowest BCUT2D eigenvalue weighted by atomic mass is 9.94. The predicted octanol–water partition coefficient (Wildman–Crippen LogP) is 8.53. The standard InChI is InChI=1S/C34H28Cl2FN5O3S/c1-20-30(32(43)39-28-12-5-6-13-29(28)44-2)31(21-9-7-10-25(16-21)45-18-22-14-15-24(35)17-26(22)36)42-33(38-20)40-34(41-42)46-19-23-8-3-4-11-27(23)37/h3-17,31H,18-19H2,1-2H3,(H,39,43)(H,38,40,41). The Kier molecular flexibility index (Phi) is 9.48. The third-order valence-corrected chi connectivity index (χ3v) is 8.80. The molecule has 0 aliphatic carbocycles. The van der Waals surface area contributed by atoms with E-state index in [1.165, 1.54) is 17.8 Å². The van der Waals surface area contributed by atoms with Gasteiger partial charge in [0.1, 0.15) is 30.0 Å². The number of hydrogen-bond acceptors (Lipinski definition) is 7. The number of carbonyl (C=O) groups is 1. The number of nitrogens with zero attached hydrogens (tertiary/aromatic N) is 3. The Morgan fingerprint density at radius 3 is 2.63 bits per heavy atom. The fourth-order valence-electron chi connectivity index (χ4n) is 5.06. The van der Waals surface area contributed by atoms with Crippen LogP contribution in [0.25, 0.3) is 0 Å². The van der Waals surface area contributed by atoms with Gasteiger partial charge >= 0.3 is 0 Å². The Bertz CT molecular complexity index is 1950. The molecule has 0 saturated heterocycles. The number of allylic oxidation sites excluding steroid dienone is 1. The lowest BCUT2D eigenvalue weighted by molar-refractivity contribution is -0.113. The molecule has 1 atom stereocenters. The summed E-state index contributed by atoms with van der Waals surface area (Å²) < 4.78 is 27.6. The Morgan fingerprint density at radius 1 is 1.02 bits per heavy atom. The molecular formula is C34H28Cl2FN5O3S. The van der Waals surface area contributed by atoms with Gasteiger partial charge < -0.3 is 20.1 Å². The van der Waals surface area contributed by atoms with Crippen molar-refractivity contribution in [3.05, 3.63) is 135 Å². The minimum atomic E-state index is -0.677. The zero-order chi connectivity index (χ0) is 32.2.